The minimum Gasteiger partial charge on any atom is -0.378 e. The summed E-state index contributed by atoms with van der Waals surface area (Å²) in [5, 5.41) is 3.12. The SMILES string of the molecule is NC(=O)CONC(=O)CC1COCCN1. The summed E-state index contributed by atoms with van der Waals surface area (Å²) in [6, 6.07) is -0.00377. The summed E-state index contributed by atoms with van der Waals surface area (Å²) in [7, 11) is 0. The third-order valence-corrected chi connectivity index (χ3v) is 1.83. The molecule has 0 aromatic heterocycles. The molecule has 1 rings (SSSR count). The maximum Gasteiger partial charge on any atom is 0.246 e. The molecule has 1 fully saturated rings. The highest BCUT2D eigenvalue weighted by Gasteiger charge is 2.16. The van der Waals surface area contributed by atoms with Gasteiger partial charge in [0.1, 0.15) is 0 Å². The Morgan fingerprint density at radius 3 is 3.00 bits per heavy atom. The molecule has 0 saturated carbocycles. The Balaban J connectivity index is 2.09. The first-order valence-electron chi connectivity index (χ1n) is 4.68. The lowest BCUT2D eigenvalue weighted by atomic mass is 10.2. The van der Waals surface area contributed by atoms with Gasteiger partial charge in [0.05, 0.1) is 13.2 Å². The Kier molecular flexibility index (Phi) is 5.02. The van der Waals surface area contributed by atoms with Gasteiger partial charge >= 0.3 is 0 Å². The van der Waals surface area contributed by atoms with Gasteiger partial charge in [-0.15, -0.1) is 0 Å². The number of rotatable bonds is 5. The second kappa shape index (κ2) is 6.33. The van der Waals surface area contributed by atoms with Gasteiger partial charge in [-0.3, -0.25) is 14.4 Å². The summed E-state index contributed by atoms with van der Waals surface area (Å²) in [6.07, 6.45) is 0.249. The quantitative estimate of drug-likeness (QED) is 0.458. The van der Waals surface area contributed by atoms with Gasteiger partial charge < -0.3 is 15.8 Å². The highest BCUT2D eigenvalue weighted by atomic mass is 16.7. The van der Waals surface area contributed by atoms with Crippen LogP contribution in [0.2, 0.25) is 0 Å². The van der Waals surface area contributed by atoms with E-state index in [2.05, 4.69) is 15.6 Å². The molecular weight excluding hydrogens is 202 g/mol. The highest BCUT2D eigenvalue weighted by Crippen LogP contribution is 1.97. The highest BCUT2D eigenvalue weighted by molar-refractivity contribution is 5.77. The van der Waals surface area contributed by atoms with Crippen molar-refractivity contribution in [3.05, 3.63) is 0 Å². The molecule has 4 N–H and O–H groups in total. The van der Waals surface area contributed by atoms with E-state index in [9.17, 15) is 9.59 Å². The first-order valence-corrected chi connectivity index (χ1v) is 4.68. The van der Waals surface area contributed by atoms with Crippen molar-refractivity contribution < 1.29 is 19.2 Å². The molecule has 15 heavy (non-hydrogen) atoms. The van der Waals surface area contributed by atoms with Crippen LogP contribution in [0.4, 0.5) is 0 Å². The Hall–Kier alpha value is -1.18. The van der Waals surface area contributed by atoms with Gasteiger partial charge in [-0.1, -0.05) is 0 Å². The second-order valence-electron chi connectivity index (χ2n) is 3.21. The van der Waals surface area contributed by atoms with Crippen LogP contribution in [0.3, 0.4) is 0 Å². The van der Waals surface area contributed by atoms with E-state index in [0.717, 1.165) is 6.54 Å². The molecule has 1 saturated heterocycles. The summed E-state index contributed by atoms with van der Waals surface area (Å²) < 4.78 is 5.17. The number of hydrogen-bond acceptors (Lipinski definition) is 5. The molecule has 1 unspecified atom stereocenters. The lowest BCUT2D eigenvalue weighted by molar-refractivity contribution is -0.138. The number of carbonyl (C=O) groups excluding carboxylic acids is 2. The molecule has 2 amide bonds. The first kappa shape index (κ1) is 11.9. The number of hydroxylamine groups is 1. The number of hydrogen-bond donors (Lipinski definition) is 3. The fourth-order valence-corrected chi connectivity index (χ4v) is 1.20. The average molecular weight is 217 g/mol. The molecule has 0 aromatic rings. The predicted molar refractivity (Wildman–Crippen MR) is 50.5 cm³/mol. The van der Waals surface area contributed by atoms with E-state index in [0.29, 0.717) is 13.2 Å². The van der Waals surface area contributed by atoms with Crippen LogP contribution < -0.4 is 16.5 Å². The maximum atomic E-state index is 11.2. The van der Waals surface area contributed by atoms with Crippen LogP contribution >= 0.6 is 0 Å². The monoisotopic (exact) mass is 217 g/mol. The molecular formula is C8H15N3O4. The van der Waals surface area contributed by atoms with Crippen LogP contribution in [0.5, 0.6) is 0 Å². The summed E-state index contributed by atoms with van der Waals surface area (Å²) in [5.41, 5.74) is 6.94. The first-order chi connectivity index (χ1) is 7.18. The third kappa shape index (κ3) is 5.31. The number of amides is 2. The second-order valence-corrected chi connectivity index (χ2v) is 3.21. The molecule has 0 bridgehead atoms. The van der Waals surface area contributed by atoms with Gasteiger partial charge in [0, 0.05) is 19.0 Å². The average Bonchev–Trinajstić information content (AvgIpc) is 2.18. The summed E-state index contributed by atoms with van der Waals surface area (Å²) >= 11 is 0. The van der Waals surface area contributed by atoms with E-state index in [1.54, 1.807) is 0 Å². The predicted octanol–water partition coefficient (Wildman–Crippen LogP) is -2.10. The molecule has 1 aliphatic rings. The summed E-state index contributed by atoms with van der Waals surface area (Å²) in [6.45, 7) is 1.58. The number of morpholine rings is 1. The Morgan fingerprint density at radius 1 is 1.60 bits per heavy atom. The third-order valence-electron chi connectivity index (χ3n) is 1.83. The van der Waals surface area contributed by atoms with Crippen molar-refractivity contribution in [1.82, 2.24) is 10.8 Å². The van der Waals surface area contributed by atoms with E-state index >= 15 is 0 Å². The largest absolute Gasteiger partial charge is 0.378 e. The van der Waals surface area contributed by atoms with Crippen LogP contribution in [0, 0.1) is 0 Å². The fraction of sp³-hybridized carbons (Fsp3) is 0.750. The molecule has 0 spiro atoms. The van der Waals surface area contributed by atoms with E-state index in [-0.39, 0.29) is 25.0 Å². The van der Waals surface area contributed by atoms with Crippen molar-refractivity contribution in [3.63, 3.8) is 0 Å². The molecule has 0 aromatic carbocycles. The van der Waals surface area contributed by atoms with Crippen LogP contribution in [-0.2, 0) is 19.2 Å². The molecule has 0 aliphatic carbocycles. The minimum absolute atomic E-state index is 0.00377. The van der Waals surface area contributed by atoms with Gasteiger partial charge in [0.2, 0.25) is 11.8 Å². The van der Waals surface area contributed by atoms with Crippen molar-refractivity contribution >= 4 is 11.8 Å². The Morgan fingerprint density at radius 2 is 2.40 bits per heavy atom. The fourth-order valence-electron chi connectivity index (χ4n) is 1.20. The van der Waals surface area contributed by atoms with Gasteiger partial charge in [-0.25, -0.2) is 5.48 Å². The zero-order valence-electron chi connectivity index (χ0n) is 8.32. The number of ether oxygens (including phenoxy) is 1. The zero-order valence-corrected chi connectivity index (χ0v) is 8.32. The molecule has 0 radical (unpaired) electrons. The summed E-state index contributed by atoms with van der Waals surface area (Å²) in [5.74, 6) is -0.936. The van der Waals surface area contributed by atoms with Crippen LogP contribution in [-0.4, -0.2) is 44.2 Å². The normalized spacial score (nSPS) is 20.9. The lowest BCUT2D eigenvalue weighted by Crippen LogP contribution is -2.44. The van der Waals surface area contributed by atoms with Crippen LogP contribution in [0.1, 0.15) is 6.42 Å². The van der Waals surface area contributed by atoms with E-state index < -0.39 is 5.91 Å². The van der Waals surface area contributed by atoms with Crippen LogP contribution in [0.25, 0.3) is 0 Å². The molecule has 86 valence electrons. The topological polar surface area (TPSA) is 103 Å². The Labute approximate surface area is 87.2 Å². The maximum absolute atomic E-state index is 11.2. The standard InChI is InChI=1S/C8H15N3O4/c9-7(12)5-15-11-8(13)3-6-4-14-2-1-10-6/h6,10H,1-5H2,(H2,9,12)(H,11,13). The van der Waals surface area contributed by atoms with Crippen molar-refractivity contribution in [3.8, 4) is 0 Å². The minimum atomic E-state index is -0.630. The van der Waals surface area contributed by atoms with Crippen molar-refractivity contribution in [2.75, 3.05) is 26.4 Å². The molecule has 7 heteroatoms. The van der Waals surface area contributed by atoms with Gasteiger partial charge in [-0.2, -0.15) is 0 Å². The van der Waals surface area contributed by atoms with Crippen molar-refractivity contribution in [2.45, 2.75) is 12.5 Å². The lowest BCUT2D eigenvalue weighted by Gasteiger charge is -2.22. The molecule has 1 aliphatic heterocycles. The number of nitrogens with one attached hydrogen (secondary N) is 2. The van der Waals surface area contributed by atoms with E-state index in [4.69, 9.17) is 10.5 Å². The molecule has 1 atom stereocenters. The van der Waals surface area contributed by atoms with Crippen LogP contribution in [0.15, 0.2) is 0 Å². The number of primary amides is 1. The van der Waals surface area contributed by atoms with Gasteiger partial charge in [0.15, 0.2) is 6.61 Å². The van der Waals surface area contributed by atoms with Crippen molar-refractivity contribution in [1.29, 1.82) is 0 Å². The molecule has 7 nitrogen and oxygen atoms in total. The van der Waals surface area contributed by atoms with E-state index in [1.165, 1.54) is 0 Å². The number of carbonyl (C=O) groups is 2. The summed E-state index contributed by atoms with van der Waals surface area (Å²) in [4.78, 5) is 26.0. The Bertz CT molecular complexity index is 228. The molecule has 1 heterocycles. The number of nitrogens with two attached hydrogens (primary N) is 1. The van der Waals surface area contributed by atoms with Crippen molar-refractivity contribution in [2.24, 2.45) is 5.73 Å². The van der Waals surface area contributed by atoms with Gasteiger partial charge in [0.25, 0.3) is 0 Å². The van der Waals surface area contributed by atoms with E-state index in [1.807, 2.05) is 0 Å². The van der Waals surface area contributed by atoms with Gasteiger partial charge in [-0.05, 0) is 0 Å². The zero-order chi connectivity index (χ0) is 11.1. The smallest absolute Gasteiger partial charge is 0.246 e.